The lowest BCUT2D eigenvalue weighted by molar-refractivity contribution is 0.858. The molecule has 0 bridgehead atoms. The Hall–Kier alpha value is -2.26. The number of hydrogen-bond donors (Lipinski definition) is 1. The van der Waals surface area contributed by atoms with Crippen LogP contribution in [-0.4, -0.2) is 9.97 Å². The predicted molar refractivity (Wildman–Crippen MR) is 104 cm³/mol. The molecule has 1 aromatic heterocycles. The quantitative estimate of drug-likeness (QED) is 0.624. The van der Waals surface area contributed by atoms with E-state index in [1.165, 1.54) is 11.8 Å². The van der Waals surface area contributed by atoms with Crippen molar-refractivity contribution in [2.45, 2.75) is 23.4 Å². The Bertz CT molecular complexity index is 1040. The van der Waals surface area contributed by atoms with Crippen LogP contribution in [0.4, 0.5) is 0 Å². The molecule has 0 aliphatic carbocycles. The first-order chi connectivity index (χ1) is 12.5. The fourth-order valence-electron chi connectivity index (χ4n) is 2.35. The van der Waals surface area contributed by atoms with Gasteiger partial charge in [-0.05, 0) is 48.9 Å². The van der Waals surface area contributed by atoms with Crippen LogP contribution >= 0.6 is 35.0 Å². The minimum atomic E-state index is -0.200. The lowest BCUT2D eigenvalue weighted by Crippen LogP contribution is -2.16. The first kappa shape index (κ1) is 18.5. The van der Waals surface area contributed by atoms with Crippen LogP contribution in [0.1, 0.15) is 22.4 Å². The van der Waals surface area contributed by atoms with Crippen LogP contribution < -0.4 is 5.56 Å². The van der Waals surface area contributed by atoms with Gasteiger partial charge in [-0.25, -0.2) is 4.98 Å². The lowest BCUT2D eigenvalue weighted by atomic mass is 10.1. The second-order valence-corrected chi connectivity index (χ2v) is 7.43. The topological polar surface area (TPSA) is 69.5 Å². The number of benzene rings is 2. The molecule has 2 aromatic carbocycles. The van der Waals surface area contributed by atoms with Crippen molar-refractivity contribution in [1.29, 1.82) is 5.26 Å². The van der Waals surface area contributed by atoms with Crippen LogP contribution in [0.2, 0.25) is 10.0 Å². The summed E-state index contributed by atoms with van der Waals surface area (Å²) in [5.74, 6) is 0. The van der Waals surface area contributed by atoms with Gasteiger partial charge in [0.15, 0.2) is 5.16 Å². The van der Waals surface area contributed by atoms with Crippen LogP contribution in [0.3, 0.4) is 0 Å². The number of aromatic nitrogens is 2. The second kappa shape index (κ2) is 7.96. The summed E-state index contributed by atoms with van der Waals surface area (Å²) < 4.78 is 0. The van der Waals surface area contributed by atoms with Gasteiger partial charge in [-0.15, -0.1) is 0 Å². The molecule has 4 nitrogen and oxygen atoms in total. The summed E-state index contributed by atoms with van der Waals surface area (Å²) in [5, 5.41) is 10.4. The average molecular weight is 402 g/mol. The third-order valence-electron chi connectivity index (χ3n) is 3.83. The first-order valence-electron chi connectivity index (χ1n) is 7.68. The third kappa shape index (κ3) is 4.10. The normalized spacial score (nSPS) is 10.5. The van der Waals surface area contributed by atoms with Crippen molar-refractivity contribution in [3.63, 3.8) is 0 Å². The zero-order valence-electron chi connectivity index (χ0n) is 13.7. The van der Waals surface area contributed by atoms with Crippen molar-refractivity contribution in [3.8, 4) is 6.07 Å². The zero-order chi connectivity index (χ0) is 18.7. The number of aromatic amines is 1. The van der Waals surface area contributed by atoms with Crippen molar-refractivity contribution in [2.75, 3.05) is 0 Å². The summed E-state index contributed by atoms with van der Waals surface area (Å²) in [6.07, 6.45) is 0.370. The number of rotatable bonds is 4. The third-order valence-corrected chi connectivity index (χ3v) is 5.44. The van der Waals surface area contributed by atoms with Crippen molar-refractivity contribution >= 4 is 35.0 Å². The van der Waals surface area contributed by atoms with Crippen LogP contribution in [0.25, 0.3) is 0 Å². The molecule has 0 spiro atoms. The highest BCUT2D eigenvalue weighted by molar-refractivity contribution is 7.99. The zero-order valence-corrected chi connectivity index (χ0v) is 16.0. The number of H-pyrrole nitrogens is 1. The Kier molecular flexibility index (Phi) is 5.67. The van der Waals surface area contributed by atoms with Crippen LogP contribution in [0, 0.1) is 18.3 Å². The van der Waals surface area contributed by atoms with Gasteiger partial charge in [0.05, 0.1) is 17.3 Å². The molecule has 0 radical (unpaired) electrons. The molecular weight excluding hydrogens is 389 g/mol. The monoisotopic (exact) mass is 401 g/mol. The SMILES string of the molecule is Cc1c(Cc2c(Cl)cccc2Cl)nc(Sc2ccc(C#N)cc2)[nH]c1=O. The molecule has 0 saturated heterocycles. The minimum Gasteiger partial charge on any atom is -0.301 e. The molecule has 3 rings (SSSR count). The van der Waals surface area contributed by atoms with Gasteiger partial charge in [-0.3, -0.25) is 4.79 Å². The van der Waals surface area contributed by atoms with E-state index >= 15 is 0 Å². The number of halogens is 2. The molecule has 130 valence electrons. The Morgan fingerprint density at radius 3 is 2.42 bits per heavy atom. The average Bonchev–Trinajstić information content (AvgIpc) is 2.63. The van der Waals surface area contributed by atoms with E-state index in [0.29, 0.717) is 38.4 Å². The van der Waals surface area contributed by atoms with Crippen molar-refractivity contribution in [1.82, 2.24) is 9.97 Å². The van der Waals surface area contributed by atoms with E-state index in [2.05, 4.69) is 16.0 Å². The molecule has 3 aromatic rings. The molecule has 1 heterocycles. The van der Waals surface area contributed by atoms with Gasteiger partial charge in [-0.1, -0.05) is 41.0 Å². The van der Waals surface area contributed by atoms with E-state index in [1.54, 1.807) is 37.3 Å². The van der Waals surface area contributed by atoms with E-state index in [-0.39, 0.29) is 5.56 Å². The van der Waals surface area contributed by atoms with Gasteiger partial charge < -0.3 is 4.98 Å². The van der Waals surface area contributed by atoms with E-state index in [0.717, 1.165) is 10.5 Å². The van der Waals surface area contributed by atoms with E-state index < -0.39 is 0 Å². The highest BCUT2D eigenvalue weighted by Crippen LogP contribution is 2.28. The van der Waals surface area contributed by atoms with E-state index in [1.807, 2.05) is 12.1 Å². The van der Waals surface area contributed by atoms with Crippen LogP contribution in [-0.2, 0) is 6.42 Å². The summed E-state index contributed by atoms with van der Waals surface area (Å²) in [4.78, 5) is 20.5. The summed E-state index contributed by atoms with van der Waals surface area (Å²) in [7, 11) is 0. The minimum absolute atomic E-state index is 0.200. The van der Waals surface area contributed by atoms with Crippen LogP contribution in [0.5, 0.6) is 0 Å². The molecule has 0 aliphatic heterocycles. The molecule has 0 unspecified atom stereocenters. The molecule has 0 aliphatic rings. The highest BCUT2D eigenvalue weighted by atomic mass is 35.5. The molecule has 0 saturated carbocycles. The maximum atomic E-state index is 12.3. The summed E-state index contributed by atoms with van der Waals surface area (Å²) >= 11 is 13.8. The van der Waals surface area contributed by atoms with Crippen molar-refractivity contribution in [2.24, 2.45) is 0 Å². The Balaban J connectivity index is 1.94. The molecular formula is C19H13Cl2N3OS. The highest BCUT2D eigenvalue weighted by Gasteiger charge is 2.13. The molecule has 26 heavy (non-hydrogen) atoms. The molecule has 1 N–H and O–H groups in total. The molecule has 0 atom stereocenters. The second-order valence-electron chi connectivity index (χ2n) is 5.56. The number of nitrogens with one attached hydrogen (secondary N) is 1. The van der Waals surface area contributed by atoms with E-state index in [4.69, 9.17) is 28.5 Å². The summed E-state index contributed by atoms with van der Waals surface area (Å²) in [6.45, 7) is 1.72. The molecule has 0 fully saturated rings. The number of hydrogen-bond acceptors (Lipinski definition) is 4. The lowest BCUT2D eigenvalue weighted by Gasteiger charge is -2.10. The van der Waals surface area contributed by atoms with Gasteiger partial charge in [0.2, 0.25) is 0 Å². The van der Waals surface area contributed by atoms with Gasteiger partial charge in [-0.2, -0.15) is 5.26 Å². The fourth-order valence-corrected chi connectivity index (χ4v) is 3.68. The van der Waals surface area contributed by atoms with Gasteiger partial charge in [0.1, 0.15) is 0 Å². The van der Waals surface area contributed by atoms with Gasteiger partial charge in [0.25, 0.3) is 5.56 Å². The Morgan fingerprint density at radius 2 is 1.81 bits per heavy atom. The number of nitriles is 1. The Labute approximate surface area is 164 Å². The molecule has 0 amide bonds. The standard InChI is InChI=1S/C19H13Cl2N3OS/c1-11-17(9-14-15(20)3-2-4-16(14)21)23-19(24-18(11)25)26-13-7-5-12(10-22)6-8-13/h2-8H,9H2,1H3,(H,23,24,25). The van der Waals surface area contributed by atoms with E-state index in [9.17, 15) is 4.79 Å². The predicted octanol–water partition coefficient (Wildman–Crippen LogP) is 5.00. The van der Waals surface area contributed by atoms with Crippen LogP contribution in [0.15, 0.2) is 57.3 Å². The number of nitrogens with zero attached hydrogens (tertiary/aromatic N) is 2. The van der Waals surface area contributed by atoms with Crippen molar-refractivity contribution in [3.05, 3.63) is 85.2 Å². The Morgan fingerprint density at radius 1 is 1.15 bits per heavy atom. The summed E-state index contributed by atoms with van der Waals surface area (Å²) in [5.41, 5.74) is 2.28. The fraction of sp³-hybridized carbons (Fsp3) is 0.105. The van der Waals surface area contributed by atoms with Gasteiger partial charge >= 0.3 is 0 Å². The maximum absolute atomic E-state index is 12.3. The smallest absolute Gasteiger partial charge is 0.254 e. The van der Waals surface area contributed by atoms with Crippen molar-refractivity contribution < 1.29 is 0 Å². The molecule has 7 heteroatoms. The van der Waals surface area contributed by atoms with Gasteiger partial charge in [0, 0.05) is 26.9 Å². The maximum Gasteiger partial charge on any atom is 0.254 e. The summed E-state index contributed by atoms with van der Waals surface area (Å²) in [6, 6.07) is 14.4. The first-order valence-corrected chi connectivity index (χ1v) is 9.26. The largest absolute Gasteiger partial charge is 0.301 e.